The molecule has 0 radical (unpaired) electrons. The summed E-state index contributed by atoms with van der Waals surface area (Å²) in [5, 5.41) is 3.99. The SMILES string of the molecule is C1=Cc2nc1c(-c1ccncc1)c1ccc([nH]1)c(-c1ccncc1)c1nc(c(-c3ccc(OCCCNC(c4ccccc4)(c4ccccc4)c4ccccc4)cc3)c3ccc([nH]3)c2-c2ccncc2)C=C1. The summed E-state index contributed by atoms with van der Waals surface area (Å²) in [4.78, 5) is 31.5. The van der Waals surface area contributed by atoms with Crippen molar-refractivity contribution < 1.29 is 4.74 Å². The highest BCUT2D eigenvalue weighted by Gasteiger charge is 2.35. The average molecular weight is 933 g/mol. The molecule has 72 heavy (non-hydrogen) atoms. The largest absolute Gasteiger partial charge is 0.494 e. The van der Waals surface area contributed by atoms with Gasteiger partial charge in [0.25, 0.3) is 0 Å². The van der Waals surface area contributed by atoms with Gasteiger partial charge >= 0.3 is 0 Å². The first-order chi connectivity index (χ1) is 35.7. The van der Waals surface area contributed by atoms with Crippen LogP contribution in [-0.4, -0.2) is 48.0 Å². The van der Waals surface area contributed by atoms with Crippen molar-refractivity contribution in [2.75, 3.05) is 13.2 Å². The Labute approximate surface area is 417 Å². The molecule has 2 aliphatic rings. The quantitative estimate of drug-likeness (QED) is 0.0778. The minimum Gasteiger partial charge on any atom is -0.494 e. The molecule has 9 nitrogen and oxygen atoms in total. The highest BCUT2D eigenvalue weighted by Crippen LogP contribution is 2.40. The summed E-state index contributed by atoms with van der Waals surface area (Å²) in [6.07, 6.45) is 20.1. The van der Waals surface area contributed by atoms with E-state index < -0.39 is 5.54 Å². The first kappa shape index (κ1) is 43.9. The van der Waals surface area contributed by atoms with Crippen LogP contribution in [0.1, 0.15) is 45.9 Å². The molecule has 0 spiro atoms. The van der Waals surface area contributed by atoms with Crippen LogP contribution < -0.4 is 10.1 Å². The van der Waals surface area contributed by atoms with Gasteiger partial charge in [-0.3, -0.25) is 20.3 Å². The second kappa shape index (κ2) is 19.6. The molecule has 4 aromatic carbocycles. The molecule has 3 N–H and O–H groups in total. The molecule has 6 aromatic heterocycles. The Kier molecular flexibility index (Phi) is 12.0. The standard InChI is InChI=1S/C63H48N8O/c1-4-11-47(12-5-1)63(48-13-6-2-7-14-48,49-15-8-3-9-16-49)67-35-10-42-72-50-19-17-43(18-20-50)59-51-21-23-53(68-51)60(44-29-36-64-37-30-44)55-25-27-57(70-55)62(46-33-40-66-41-34-46)58-28-26-56(71-58)61(45-31-38-65-39-32-45)54-24-22-52(59)69-54/h1-9,11-34,36-41,67-68,71H,10,35,42H2. The van der Waals surface area contributed by atoms with E-state index >= 15 is 0 Å². The van der Waals surface area contributed by atoms with Gasteiger partial charge in [0, 0.05) is 81.5 Å². The van der Waals surface area contributed by atoms with Crippen molar-refractivity contribution in [3.63, 3.8) is 0 Å². The van der Waals surface area contributed by atoms with Gasteiger partial charge in [0.1, 0.15) is 5.75 Å². The van der Waals surface area contributed by atoms with Gasteiger partial charge in [-0.25, -0.2) is 9.97 Å². The van der Waals surface area contributed by atoms with E-state index in [9.17, 15) is 0 Å². The maximum Gasteiger partial charge on any atom is 0.119 e. The number of aromatic nitrogens is 7. The highest BCUT2D eigenvalue weighted by atomic mass is 16.5. The highest BCUT2D eigenvalue weighted by molar-refractivity contribution is 5.99. The zero-order valence-corrected chi connectivity index (χ0v) is 39.3. The number of ether oxygens (including phenoxy) is 1. The van der Waals surface area contributed by atoms with E-state index in [1.165, 1.54) is 16.7 Å². The van der Waals surface area contributed by atoms with E-state index in [1.54, 1.807) is 0 Å². The molecule has 2 aliphatic heterocycles. The monoisotopic (exact) mass is 932 g/mol. The Bertz CT molecular complexity index is 3610. The van der Waals surface area contributed by atoms with Gasteiger partial charge < -0.3 is 14.7 Å². The van der Waals surface area contributed by atoms with E-state index in [-0.39, 0.29) is 0 Å². The van der Waals surface area contributed by atoms with Crippen LogP contribution >= 0.6 is 0 Å². The first-order valence-electron chi connectivity index (χ1n) is 24.2. The molecule has 0 amide bonds. The summed E-state index contributed by atoms with van der Waals surface area (Å²) in [6.45, 7) is 1.26. The van der Waals surface area contributed by atoms with Crippen molar-refractivity contribution in [3.05, 3.63) is 253 Å². The molecular formula is C63H48N8O. The van der Waals surface area contributed by atoms with Crippen LogP contribution in [0.2, 0.25) is 0 Å². The third kappa shape index (κ3) is 8.48. The Balaban J connectivity index is 0.938. The molecule has 0 unspecified atom stereocenters. The normalized spacial score (nSPS) is 12.0. The smallest absolute Gasteiger partial charge is 0.119 e. The van der Waals surface area contributed by atoms with Crippen molar-refractivity contribution >= 4 is 46.4 Å². The molecule has 0 fully saturated rings. The fraction of sp³-hybridized carbons (Fsp3) is 0.0635. The lowest BCUT2D eigenvalue weighted by Gasteiger charge is -2.37. The van der Waals surface area contributed by atoms with Crippen LogP contribution in [0.25, 0.3) is 90.9 Å². The molecule has 10 aromatic rings. The van der Waals surface area contributed by atoms with Crippen LogP contribution in [0.5, 0.6) is 5.75 Å². The number of nitrogens with one attached hydrogen (secondary N) is 3. The fourth-order valence-corrected chi connectivity index (χ4v) is 10.1. The third-order valence-electron chi connectivity index (χ3n) is 13.4. The molecule has 0 atom stereocenters. The second-order valence-corrected chi connectivity index (χ2v) is 17.7. The molecule has 8 bridgehead atoms. The van der Waals surface area contributed by atoms with E-state index in [1.807, 2.05) is 73.6 Å². The van der Waals surface area contributed by atoms with Crippen LogP contribution in [0.3, 0.4) is 0 Å². The van der Waals surface area contributed by atoms with Crippen molar-refractivity contribution in [3.8, 4) is 50.3 Å². The van der Waals surface area contributed by atoms with Gasteiger partial charge in [-0.05, 0) is 149 Å². The Morgan fingerprint density at radius 3 is 1.06 bits per heavy atom. The number of pyridine rings is 3. The summed E-state index contributed by atoms with van der Waals surface area (Å²) < 4.78 is 6.48. The summed E-state index contributed by atoms with van der Waals surface area (Å²) in [7, 11) is 0. The van der Waals surface area contributed by atoms with Gasteiger partial charge in [0.05, 0.1) is 34.9 Å². The molecule has 8 heterocycles. The minimum atomic E-state index is -0.539. The van der Waals surface area contributed by atoms with Crippen molar-refractivity contribution in [2.24, 2.45) is 0 Å². The lowest BCUT2D eigenvalue weighted by molar-refractivity contribution is 0.301. The molecular weight excluding hydrogens is 885 g/mol. The number of benzene rings is 4. The number of hydrogen-bond acceptors (Lipinski definition) is 7. The Morgan fingerprint density at radius 2 is 0.708 bits per heavy atom. The van der Waals surface area contributed by atoms with E-state index in [0.29, 0.717) is 6.61 Å². The van der Waals surface area contributed by atoms with E-state index in [0.717, 1.165) is 108 Å². The molecule has 12 rings (SSSR count). The Morgan fingerprint density at radius 1 is 0.375 bits per heavy atom. The zero-order valence-electron chi connectivity index (χ0n) is 39.3. The van der Waals surface area contributed by atoms with Crippen LogP contribution in [0, 0.1) is 0 Å². The number of nitrogens with zero attached hydrogens (tertiary/aromatic N) is 5. The fourth-order valence-electron chi connectivity index (χ4n) is 10.1. The maximum atomic E-state index is 6.48. The number of fused-ring (bicyclic) bond motifs is 8. The van der Waals surface area contributed by atoms with Crippen molar-refractivity contribution in [1.29, 1.82) is 0 Å². The van der Waals surface area contributed by atoms with Gasteiger partial charge in [0.2, 0.25) is 0 Å². The molecule has 0 saturated heterocycles. The molecule has 9 heteroatoms. The van der Waals surface area contributed by atoms with Crippen LogP contribution in [-0.2, 0) is 5.54 Å². The van der Waals surface area contributed by atoms with E-state index in [4.69, 9.17) is 14.7 Å². The van der Waals surface area contributed by atoms with Gasteiger partial charge in [-0.1, -0.05) is 103 Å². The first-order valence-corrected chi connectivity index (χ1v) is 24.2. The Hall–Kier alpha value is -9.31. The third-order valence-corrected chi connectivity index (χ3v) is 13.4. The average Bonchev–Trinajstić information content (AvgIpc) is 4.31. The number of rotatable bonds is 13. The summed E-state index contributed by atoms with van der Waals surface area (Å²) >= 11 is 0. The van der Waals surface area contributed by atoms with Gasteiger partial charge in [-0.15, -0.1) is 0 Å². The summed E-state index contributed by atoms with van der Waals surface area (Å²) in [5.74, 6) is 0.793. The lowest BCUT2D eigenvalue weighted by atomic mass is 9.77. The second-order valence-electron chi connectivity index (χ2n) is 17.7. The minimum absolute atomic E-state index is 0.534. The van der Waals surface area contributed by atoms with Crippen molar-refractivity contribution in [1.82, 2.24) is 40.2 Å². The predicted molar refractivity (Wildman–Crippen MR) is 291 cm³/mol. The predicted octanol–water partition coefficient (Wildman–Crippen LogP) is 13.9. The number of aromatic amines is 2. The molecule has 0 aliphatic carbocycles. The summed E-state index contributed by atoms with van der Waals surface area (Å²) in [5.41, 5.74) is 17.8. The molecule has 0 saturated carbocycles. The molecule has 346 valence electrons. The van der Waals surface area contributed by atoms with Crippen molar-refractivity contribution in [2.45, 2.75) is 12.0 Å². The maximum absolute atomic E-state index is 6.48. The van der Waals surface area contributed by atoms with Gasteiger partial charge in [-0.2, -0.15) is 0 Å². The van der Waals surface area contributed by atoms with E-state index in [2.05, 4.69) is 194 Å². The summed E-state index contributed by atoms with van der Waals surface area (Å²) in [6, 6.07) is 61.1. The topological polar surface area (TPSA) is 117 Å². The number of hydrogen-bond donors (Lipinski definition) is 3. The van der Waals surface area contributed by atoms with Gasteiger partial charge in [0.15, 0.2) is 0 Å². The van der Waals surface area contributed by atoms with Crippen LogP contribution in [0.4, 0.5) is 0 Å². The van der Waals surface area contributed by atoms with Crippen LogP contribution in [0.15, 0.2) is 213 Å². The zero-order chi connectivity index (χ0) is 48.1. The lowest BCUT2D eigenvalue weighted by Crippen LogP contribution is -2.45. The number of H-pyrrole nitrogens is 2.